The summed E-state index contributed by atoms with van der Waals surface area (Å²) < 4.78 is 38.2. The number of carboxylic acids is 1. The average molecular weight is 371 g/mol. The minimum atomic E-state index is -4.36. The van der Waals surface area contributed by atoms with E-state index in [0.29, 0.717) is 31.4 Å². The molecule has 1 fully saturated rings. The lowest BCUT2D eigenvalue weighted by Gasteiger charge is -2.35. The molecule has 0 aromatic heterocycles. The molecule has 0 radical (unpaired) electrons. The van der Waals surface area contributed by atoms with Gasteiger partial charge in [0.2, 0.25) is 5.91 Å². The van der Waals surface area contributed by atoms with Gasteiger partial charge in [-0.15, -0.1) is 0 Å². The van der Waals surface area contributed by atoms with Crippen molar-refractivity contribution >= 4 is 11.9 Å². The zero-order chi connectivity index (χ0) is 19.2. The molecule has 1 aromatic carbocycles. The SMILES string of the molecule is O=C(O)CCC1CCCCN1C(=O)CCCc1cccc(C(F)(F)F)c1. The van der Waals surface area contributed by atoms with Gasteiger partial charge in [-0.05, 0) is 50.2 Å². The largest absolute Gasteiger partial charge is 0.481 e. The van der Waals surface area contributed by atoms with Crippen LogP contribution in [0.1, 0.15) is 56.1 Å². The third kappa shape index (κ3) is 6.04. The first-order valence-corrected chi connectivity index (χ1v) is 8.95. The number of benzene rings is 1. The van der Waals surface area contributed by atoms with Gasteiger partial charge in [-0.2, -0.15) is 13.2 Å². The highest BCUT2D eigenvalue weighted by Gasteiger charge is 2.30. The van der Waals surface area contributed by atoms with Crippen LogP contribution in [0.25, 0.3) is 0 Å². The number of aliphatic carboxylic acids is 1. The fraction of sp³-hybridized carbons (Fsp3) is 0.579. The number of aryl methyl sites for hydroxylation is 1. The number of alkyl halides is 3. The Kier molecular flexibility index (Phi) is 7.06. The highest BCUT2D eigenvalue weighted by molar-refractivity contribution is 5.76. The molecule has 7 heteroatoms. The normalized spacial score (nSPS) is 18.0. The molecule has 1 saturated heterocycles. The van der Waals surface area contributed by atoms with E-state index in [-0.39, 0.29) is 24.8 Å². The Hall–Kier alpha value is -2.05. The first-order valence-electron chi connectivity index (χ1n) is 8.95. The number of carboxylic acid groups (broad SMARTS) is 1. The summed E-state index contributed by atoms with van der Waals surface area (Å²) in [5.74, 6) is -0.903. The van der Waals surface area contributed by atoms with Crippen molar-refractivity contribution < 1.29 is 27.9 Å². The zero-order valence-electron chi connectivity index (χ0n) is 14.6. The second-order valence-electron chi connectivity index (χ2n) is 6.72. The fourth-order valence-electron chi connectivity index (χ4n) is 3.41. The summed E-state index contributed by atoms with van der Waals surface area (Å²) in [5.41, 5.74) is -0.111. The van der Waals surface area contributed by atoms with Gasteiger partial charge in [0, 0.05) is 25.4 Å². The molecule has 1 unspecified atom stereocenters. The van der Waals surface area contributed by atoms with Crippen molar-refractivity contribution in [3.8, 4) is 0 Å². The summed E-state index contributed by atoms with van der Waals surface area (Å²) in [7, 11) is 0. The number of nitrogens with zero attached hydrogens (tertiary/aromatic N) is 1. The quantitative estimate of drug-likeness (QED) is 0.779. The Balaban J connectivity index is 1.86. The first kappa shape index (κ1) is 20.3. The van der Waals surface area contributed by atoms with Crippen LogP contribution in [0, 0.1) is 0 Å². The number of amides is 1. The number of halogens is 3. The zero-order valence-corrected chi connectivity index (χ0v) is 14.6. The van der Waals surface area contributed by atoms with Crippen molar-refractivity contribution in [3.63, 3.8) is 0 Å². The van der Waals surface area contributed by atoms with Gasteiger partial charge in [0.25, 0.3) is 0 Å². The van der Waals surface area contributed by atoms with E-state index in [1.54, 1.807) is 11.0 Å². The van der Waals surface area contributed by atoms with Gasteiger partial charge >= 0.3 is 12.1 Å². The summed E-state index contributed by atoms with van der Waals surface area (Å²) in [5, 5.41) is 8.83. The molecule has 1 aliphatic rings. The monoisotopic (exact) mass is 371 g/mol. The minimum absolute atomic E-state index is 0.0351. The number of piperidine rings is 1. The molecule has 0 bridgehead atoms. The Bertz CT molecular complexity index is 631. The van der Waals surface area contributed by atoms with Crippen molar-refractivity contribution in [2.24, 2.45) is 0 Å². The molecule has 4 nitrogen and oxygen atoms in total. The van der Waals surface area contributed by atoms with Crippen molar-refractivity contribution in [3.05, 3.63) is 35.4 Å². The lowest BCUT2D eigenvalue weighted by molar-refractivity contribution is -0.140. The van der Waals surface area contributed by atoms with Gasteiger partial charge in [-0.25, -0.2) is 0 Å². The van der Waals surface area contributed by atoms with Gasteiger partial charge in [0.05, 0.1) is 5.56 Å². The molecule has 1 aliphatic heterocycles. The van der Waals surface area contributed by atoms with Crippen LogP contribution in [-0.2, 0) is 22.2 Å². The summed E-state index contributed by atoms with van der Waals surface area (Å²) in [6, 6.07) is 5.14. The van der Waals surface area contributed by atoms with Crippen molar-refractivity contribution in [1.29, 1.82) is 0 Å². The molecule has 1 atom stereocenters. The summed E-state index contributed by atoms with van der Waals surface area (Å²) in [6.07, 6.45) is -0.0241. The van der Waals surface area contributed by atoms with E-state index < -0.39 is 17.7 Å². The van der Waals surface area contributed by atoms with Gasteiger partial charge in [0.1, 0.15) is 0 Å². The fourth-order valence-corrected chi connectivity index (χ4v) is 3.41. The van der Waals surface area contributed by atoms with E-state index in [0.717, 1.165) is 31.4 Å². The van der Waals surface area contributed by atoms with Crippen LogP contribution < -0.4 is 0 Å². The van der Waals surface area contributed by atoms with Crippen LogP contribution in [0.15, 0.2) is 24.3 Å². The van der Waals surface area contributed by atoms with Crippen LogP contribution >= 0.6 is 0 Å². The van der Waals surface area contributed by atoms with Crippen molar-refractivity contribution in [2.75, 3.05) is 6.54 Å². The highest BCUT2D eigenvalue weighted by Crippen LogP contribution is 2.30. The lowest BCUT2D eigenvalue weighted by atomic mass is 9.97. The second kappa shape index (κ2) is 9.05. The van der Waals surface area contributed by atoms with E-state index in [9.17, 15) is 22.8 Å². The molecule has 1 amide bonds. The predicted molar refractivity (Wildman–Crippen MR) is 90.6 cm³/mol. The summed E-state index contributed by atoms with van der Waals surface area (Å²) in [4.78, 5) is 25.0. The van der Waals surface area contributed by atoms with Crippen molar-refractivity contribution in [1.82, 2.24) is 4.90 Å². The standard InChI is InChI=1S/C19H24F3NO3/c20-19(21,22)15-7-3-5-14(13-15)6-4-9-17(24)23-12-2-1-8-16(23)10-11-18(25)26/h3,5,7,13,16H,1-2,4,6,8-12H2,(H,25,26). The van der Waals surface area contributed by atoms with E-state index in [2.05, 4.69) is 0 Å². The summed E-state index contributed by atoms with van der Waals surface area (Å²) >= 11 is 0. The van der Waals surface area contributed by atoms with E-state index >= 15 is 0 Å². The molecular formula is C19H24F3NO3. The predicted octanol–water partition coefficient (Wildman–Crippen LogP) is 4.27. The van der Waals surface area contributed by atoms with E-state index in [1.165, 1.54) is 6.07 Å². The maximum Gasteiger partial charge on any atom is 0.416 e. The molecule has 1 N–H and O–H groups in total. The van der Waals surface area contributed by atoms with Gasteiger partial charge in [-0.1, -0.05) is 18.2 Å². The third-order valence-corrected chi connectivity index (χ3v) is 4.75. The number of rotatable bonds is 7. The number of hydrogen-bond acceptors (Lipinski definition) is 2. The molecule has 0 aliphatic carbocycles. The minimum Gasteiger partial charge on any atom is -0.481 e. The molecule has 0 saturated carbocycles. The smallest absolute Gasteiger partial charge is 0.416 e. The topological polar surface area (TPSA) is 57.6 Å². The highest BCUT2D eigenvalue weighted by atomic mass is 19.4. The summed E-state index contributed by atoms with van der Waals surface area (Å²) in [6.45, 7) is 0.632. The number of carbonyl (C=O) groups is 2. The molecule has 1 aromatic rings. The third-order valence-electron chi connectivity index (χ3n) is 4.75. The Morgan fingerprint density at radius 3 is 2.65 bits per heavy atom. The molecular weight excluding hydrogens is 347 g/mol. The lowest BCUT2D eigenvalue weighted by Crippen LogP contribution is -2.43. The van der Waals surface area contributed by atoms with Crippen LogP contribution in [0.5, 0.6) is 0 Å². The number of hydrogen-bond donors (Lipinski definition) is 1. The van der Waals surface area contributed by atoms with Crippen LogP contribution in [-0.4, -0.2) is 34.5 Å². The molecule has 144 valence electrons. The molecule has 1 heterocycles. The van der Waals surface area contributed by atoms with Gasteiger partial charge in [0.15, 0.2) is 0 Å². The maximum atomic E-state index is 12.7. The molecule has 2 rings (SSSR count). The van der Waals surface area contributed by atoms with Crippen LogP contribution in [0.2, 0.25) is 0 Å². The number of carbonyl (C=O) groups excluding carboxylic acids is 1. The van der Waals surface area contributed by atoms with Crippen LogP contribution in [0.3, 0.4) is 0 Å². The van der Waals surface area contributed by atoms with E-state index in [4.69, 9.17) is 5.11 Å². The van der Waals surface area contributed by atoms with Gasteiger partial charge in [-0.3, -0.25) is 9.59 Å². The Labute approximate surface area is 151 Å². The Morgan fingerprint density at radius 2 is 1.96 bits per heavy atom. The maximum absolute atomic E-state index is 12.7. The van der Waals surface area contributed by atoms with Crippen molar-refractivity contribution in [2.45, 2.75) is 63.6 Å². The van der Waals surface area contributed by atoms with E-state index in [1.807, 2.05) is 0 Å². The average Bonchev–Trinajstić information content (AvgIpc) is 2.59. The van der Waals surface area contributed by atoms with Gasteiger partial charge < -0.3 is 10.0 Å². The molecule has 0 spiro atoms. The molecule has 26 heavy (non-hydrogen) atoms. The second-order valence-corrected chi connectivity index (χ2v) is 6.72. The Morgan fingerprint density at radius 1 is 1.19 bits per heavy atom. The number of likely N-dealkylation sites (tertiary alicyclic amines) is 1. The first-order chi connectivity index (χ1) is 12.3. The van der Waals surface area contributed by atoms with Crippen LogP contribution in [0.4, 0.5) is 13.2 Å².